The van der Waals surface area contributed by atoms with Crippen LogP contribution in [0.3, 0.4) is 0 Å². The van der Waals surface area contributed by atoms with Gasteiger partial charge in [-0.05, 0) is 43.6 Å². The fourth-order valence-electron chi connectivity index (χ4n) is 2.88. The van der Waals surface area contributed by atoms with E-state index in [1.165, 1.54) is 24.1 Å². The normalized spacial score (nSPS) is 17.2. The van der Waals surface area contributed by atoms with Gasteiger partial charge in [-0.2, -0.15) is 0 Å². The maximum Gasteiger partial charge on any atom is 0.212 e. The lowest BCUT2D eigenvalue weighted by Crippen LogP contribution is -2.32. The van der Waals surface area contributed by atoms with Gasteiger partial charge in [0.15, 0.2) is 0 Å². The number of nitrogens with one attached hydrogen (secondary N) is 1. The molecule has 3 rings (SSSR count). The second-order valence-corrected chi connectivity index (χ2v) is 5.38. The van der Waals surface area contributed by atoms with Crippen molar-refractivity contribution in [3.63, 3.8) is 0 Å². The second kappa shape index (κ2) is 6.09. The first-order valence-electron chi connectivity index (χ1n) is 7.19. The van der Waals surface area contributed by atoms with Gasteiger partial charge in [-0.1, -0.05) is 6.07 Å². The zero-order valence-corrected chi connectivity index (χ0v) is 11.9. The van der Waals surface area contributed by atoms with E-state index in [2.05, 4.69) is 33.1 Å². The Labute approximate surface area is 119 Å². The van der Waals surface area contributed by atoms with Crippen LogP contribution in [0.5, 0.6) is 5.88 Å². The van der Waals surface area contributed by atoms with Gasteiger partial charge in [0.1, 0.15) is 0 Å². The lowest BCUT2D eigenvalue weighted by Gasteiger charge is -2.31. The molecule has 20 heavy (non-hydrogen) atoms. The van der Waals surface area contributed by atoms with Crippen molar-refractivity contribution < 1.29 is 4.74 Å². The molecule has 0 aromatic carbocycles. The molecule has 1 aliphatic rings. The molecule has 0 aliphatic carbocycles. The molecule has 0 atom stereocenters. The first-order chi connectivity index (χ1) is 9.85. The number of H-pyrrole nitrogens is 1. The topological polar surface area (TPSA) is 41.1 Å². The molecule has 0 unspecified atom stereocenters. The smallest absolute Gasteiger partial charge is 0.212 e. The van der Waals surface area contributed by atoms with E-state index in [1.807, 2.05) is 18.5 Å². The van der Waals surface area contributed by atoms with Crippen LogP contribution < -0.4 is 4.74 Å². The van der Waals surface area contributed by atoms with Crippen LogP contribution in [0.25, 0.3) is 0 Å². The Hall–Kier alpha value is -1.81. The lowest BCUT2D eigenvalue weighted by molar-refractivity contribution is 0.203. The third-order valence-electron chi connectivity index (χ3n) is 4.06. The van der Waals surface area contributed by atoms with Crippen LogP contribution in [0.2, 0.25) is 0 Å². The molecule has 0 amide bonds. The van der Waals surface area contributed by atoms with E-state index in [0.29, 0.717) is 11.8 Å². The van der Waals surface area contributed by atoms with Crippen LogP contribution in [0.4, 0.5) is 0 Å². The Morgan fingerprint density at radius 2 is 2.15 bits per heavy atom. The Bertz CT molecular complexity index is 513. The fourth-order valence-corrected chi connectivity index (χ4v) is 2.88. The Morgan fingerprint density at radius 1 is 1.30 bits per heavy atom. The SMILES string of the molecule is COc1ccc(CN2CCC(c3ccc[nH]3)CC2)cn1. The quantitative estimate of drug-likeness (QED) is 0.929. The number of hydrogen-bond donors (Lipinski definition) is 1. The minimum Gasteiger partial charge on any atom is -0.481 e. The molecule has 1 saturated heterocycles. The van der Waals surface area contributed by atoms with Crippen LogP contribution >= 0.6 is 0 Å². The molecule has 0 bridgehead atoms. The number of rotatable bonds is 4. The molecule has 1 N–H and O–H groups in total. The number of methoxy groups -OCH3 is 1. The molecule has 0 spiro atoms. The first-order valence-corrected chi connectivity index (χ1v) is 7.19. The Balaban J connectivity index is 1.53. The summed E-state index contributed by atoms with van der Waals surface area (Å²) in [6.45, 7) is 3.28. The summed E-state index contributed by atoms with van der Waals surface area (Å²) in [5.74, 6) is 1.37. The molecule has 0 saturated carbocycles. The number of hydrogen-bond acceptors (Lipinski definition) is 3. The van der Waals surface area contributed by atoms with Crippen molar-refractivity contribution in [3.05, 3.63) is 47.9 Å². The van der Waals surface area contributed by atoms with E-state index in [9.17, 15) is 0 Å². The fraction of sp³-hybridized carbons (Fsp3) is 0.438. The summed E-state index contributed by atoms with van der Waals surface area (Å²) in [4.78, 5) is 10.1. The van der Waals surface area contributed by atoms with Crippen LogP contribution in [0.1, 0.15) is 30.0 Å². The molecule has 0 radical (unpaired) electrons. The number of pyridine rings is 1. The molecule has 4 heteroatoms. The minimum absolute atomic E-state index is 0.680. The first kappa shape index (κ1) is 13.2. The maximum atomic E-state index is 5.09. The number of nitrogens with zero attached hydrogens (tertiary/aromatic N) is 2. The monoisotopic (exact) mass is 271 g/mol. The average molecular weight is 271 g/mol. The molecule has 106 valence electrons. The van der Waals surface area contributed by atoms with Crippen molar-refractivity contribution in [1.29, 1.82) is 0 Å². The van der Waals surface area contributed by atoms with Crippen molar-refractivity contribution in [1.82, 2.24) is 14.9 Å². The lowest BCUT2D eigenvalue weighted by atomic mass is 9.93. The standard InChI is InChI=1S/C16H21N3O/c1-20-16-5-4-13(11-18-16)12-19-9-6-14(7-10-19)15-3-2-8-17-15/h2-5,8,11,14,17H,6-7,9-10,12H2,1H3. The second-order valence-electron chi connectivity index (χ2n) is 5.38. The van der Waals surface area contributed by atoms with Gasteiger partial charge in [-0.25, -0.2) is 4.98 Å². The highest BCUT2D eigenvalue weighted by molar-refractivity contribution is 5.18. The summed E-state index contributed by atoms with van der Waals surface area (Å²) in [7, 11) is 1.65. The Kier molecular flexibility index (Phi) is 4.02. The molecule has 1 aliphatic heterocycles. The predicted octanol–water partition coefficient (Wildman–Crippen LogP) is 2.80. The van der Waals surface area contributed by atoms with E-state index in [0.717, 1.165) is 19.6 Å². The zero-order valence-electron chi connectivity index (χ0n) is 11.9. The number of ether oxygens (including phenoxy) is 1. The molecular formula is C16H21N3O. The van der Waals surface area contributed by atoms with E-state index in [1.54, 1.807) is 7.11 Å². The van der Waals surface area contributed by atoms with Gasteiger partial charge >= 0.3 is 0 Å². The predicted molar refractivity (Wildman–Crippen MR) is 78.8 cm³/mol. The molecular weight excluding hydrogens is 250 g/mol. The van der Waals surface area contributed by atoms with Gasteiger partial charge in [-0.3, -0.25) is 4.90 Å². The van der Waals surface area contributed by atoms with Crippen LogP contribution in [-0.4, -0.2) is 35.1 Å². The highest BCUT2D eigenvalue weighted by atomic mass is 16.5. The molecule has 3 heterocycles. The van der Waals surface area contributed by atoms with Gasteiger partial charge in [0, 0.05) is 36.6 Å². The third-order valence-corrected chi connectivity index (χ3v) is 4.06. The van der Waals surface area contributed by atoms with Gasteiger partial charge in [0.25, 0.3) is 0 Å². The number of piperidine rings is 1. The average Bonchev–Trinajstić information content (AvgIpc) is 3.03. The molecule has 1 fully saturated rings. The summed E-state index contributed by atoms with van der Waals surface area (Å²) in [6.07, 6.45) is 6.38. The highest BCUT2D eigenvalue weighted by Crippen LogP contribution is 2.27. The van der Waals surface area contributed by atoms with E-state index in [-0.39, 0.29) is 0 Å². The summed E-state index contributed by atoms with van der Waals surface area (Å²) in [6, 6.07) is 8.32. The number of aromatic nitrogens is 2. The molecule has 4 nitrogen and oxygen atoms in total. The van der Waals surface area contributed by atoms with Gasteiger partial charge in [0.05, 0.1) is 7.11 Å². The van der Waals surface area contributed by atoms with Crippen molar-refractivity contribution >= 4 is 0 Å². The van der Waals surface area contributed by atoms with Crippen molar-refractivity contribution in [2.24, 2.45) is 0 Å². The van der Waals surface area contributed by atoms with Gasteiger partial charge < -0.3 is 9.72 Å². The molecule has 2 aromatic rings. The van der Waals surface area contributed by atoms with Crippen molar-refractivity contribution in [2.45, 2.75) is 25.3 Å². The third kappa shape index (κ3) is 3.02. The zero-order chi connectivity index (χ0) is 13.8. The number of likely N-dealkylation sites (tertiary alicyclic amines) is 1. The van der Waals surface area contributed by atoms with Crippen molar-refractivity contribution in [2.75, 3.05) is 20.2 Å². The maximum absolute atomic E-state index is 5.09. The van der Waals surface area contributed by atoms with E-state index in [4.69, 9.17) is 4.74 Å². The van der Waals surface area contributed by atoms with Crippen LogP contribution in [0, 0.1) is 0 Å². The van der Waals surface area contributed by atoms with E-state index < -0.39 is 0 Å². The van der Waals surface area contributed by atoms with Gasteiger partial charge in [0.2, 0.25) is 5.88 Å². The van der Waals surface area contributed by atoms with Crippen molar-refractivity contribution in [3.8, 4) is 5.88 Å². The van der Waals surface area contributed by atoms with Crippen LogP contribution in [0.15, 0.2) is 36.7 Å². The van der Waals surface area contributed by atoms with Crippen LogP contribution in [-0.2, 0) is 6.54 Å². The molecule has 2 aromatic heterocycles. The Morgan fingerprint density at radius 3 is 2.75 bits per heavy atom. The van der Waals surface area contributed by atoms with E-state index >= 15 is 0 Å². The summed E-state index contributed by atoms with van der Waals surface area (Å²) in [5.41, 5.74) is 2.64. The largest absolute Gasteiger partial charge is 0.481 e. The summed E-state index contributed by atoms with van der Waals surface area (Å²) in [5, 5.41) is 0. The summed E-state index contributed by atoms with van der Waals surface area (Å²) < 4.78 is 5.09. The summed E-state index contributed by atoms with van der Waals surface area (Å²) >= 11 is 0. The number of aromatic amines is 1. The van der Waals surface area contributed by atoms with Gasteiger partial charge in [-0.15, -0.1) is 0 Å². The minimum atomic E-state index is 0.680. The highest BCUT2D eigenvalue weighted by Gasteiger charge is 2.21.